The highest BCUT2D eigenvalue weighted by Crippen LogP contribution is 2.45. The molecule has 10 aromatic rings. The molecule has 0 aliphatic carbocycles. The standard InChI is InChI=1S/C46H28O/c1-2-12-31-26-33(21-20-29(31)10-1)32-13-9-14-34(27-32)44-38-16-5-7-18-40(38)45(41-19-8-6-17-39(41)44)35-23-24-37-42-25-22-30-11-3-4-15-36(30)46(42)47-43(37)28-35/h1-28H. The summed E-state index contributed by atoms with van der Waals surface area (Å²) in [6.07, 6.45) is 0. The molecule has 0 fully saturated rings. The fraction of sp³-hybridized carbons (Fsp3) is 0. The van der Waals surface area contributed by atoms with Crippen LogP contribution >= 0.6 is 0 Å². The number of hydrogen-bond acceptors (Lipinski definition) is 1. The number of fused-ring (bicyclic) bond motifs is 8. The van der Waals surface area contributed by atoms with E-state index in [1.54, 1.807) is 0 Å². The van der Waals surface area contributed by atoms with Gasteiger partial charge in [0.05, 0.1) is 0 Å². The van der Waals surface area contributed by atoms with Gasteiger partial charge in [-0.3, -0.25) is 0 Å². The Balaban J connectivity index is 1.20. The third-order valence-corrected chi connectivity index (χ3v) is 9.82. The molecule has 0 spiro atoms. The molecule has 1 heterocycles. The zero-order chi connectivity index (χ0) is 30.9. The Labute approximate surface area is 271 Å². The molecule has 1 heteroatoms. The van der Waals surface area contributed by atoms with Gasteiger partial charge in [0.15, 0.2) is 0 Å². The molecule has 0 N–H and O–H groups in total. The van der Waals surface area contributed by atoms with E-state index in [-0.39, 0.29) is 0 Å². The van der Waals surface area contributed by atoms with Crippen molar-refractivity contribution < 1.29 is 4.42 Å². The van der Waals surface area contributed by atoms with E-state index in [1.807, 2.05) is 0 Å². The quantitative estimate of drug-likeness (QED) is 0.185. The van der Waals surface area contributed by atoms with Crippen molar-refractivity contribution in [2.75, 3.05) is 0 Å². The highest BCUT2D eigenvalue weighted by atomic mass is 16.3. The zero-order valence-corrected chi connectivity index (χ0v) is 25.6. The van der Waals surface area contributed by atoms with E-state index in [4.69, 9.17) is 4.42 Å². The van der Waals surface area contributed by atoms with E-state index in [0.29, 0.717) is 0 Å². The second kappa shape index (κ2) is 10.2. The zero-order valence-electron chi connectivity index (χ0n) is 25.6. The molecule has 0 unspecified atom stereocenters. The van der Waals surface area contributed by atoms with Crippen LogP contribution in [0.4, 0.5) is 0 Å². The van der Waals surface area contributed by atoms with E-state index in [9.17, 15) is 0 Å². The normalized spacial score (nSPS) is 11.8. The first kappa shape index (κ1) is 26.1. The second-order valence-corrected chi connectivity index (χ2v) is 12.5. The molecule has 0 bridgehead atoms. The monoisotopic (exact) mass is 596 g/mol. The Morgan fingerprint density at radius 2 is 0.787 bits per heavy atom. The van der Waals surface area contributed by atoms with Crippen molar-refractivity contribution >= 4 is 65.0 Å². The van der Waals surface area contributed by atoms with Gasteiger partial charge >= 0.3 is 0 Å². The van der Waals surface area contributed by atoms with Gasteiger partial charge in [-0.05, 0) is 101 Å². The Kier molecular flexibility index (Phi) is 5.64. The van der Waals surface area contributed by atoms with Crippen LogP contribution in [0.5, 0.6) is 0 Å². The third kappa shape index (κ3) is 4.03. The smallest absolute Gasteiger partial charge is 0.143 e. The van der Waals surface area contributed by atoms with Gasteiger partial charge in [0.1, 0.15) is 11.2 Å². The fourth-order valence-corrected chi connectivity index (χ4v) is 7.63. The van der Waals surface area contributed by atoms with Crippen molar-refractivity contribution in [2.45, 2.75) is 0 Å². The molecule has 10 rings (SSSR count). The van der Waals surface area contributed by atoms with Crippen LogP contribution in [0.1, 0.15) is 0 Å². The maximum Gasteiger partial charge on any atom is 0.143 e. The van der Waals surface area contributed by atoms with Crippen molar-refractivity contribution in [3.63, 3.8) is 0 Å². The predicted molar refractivity (Wildman–Crippen MR) is 200 cm³/mol. The van der Waals surface area contributed by atoms with Crippen LogP contribution in [0.3, 0.4) is 0 Å². The molecule has 218 valence electrons. The highest BCUT2D eigenvalue weighted by molar-refractivity contribution is 6.22. The first-order chi connectivity index (χ1) is 23.3. The molecule has 0 aliphatic heterocycles. The van der Waals surface area contributed by atoms with Crippen molar-refractivity contribution in [3.05, 3.63) is 170 Å². The molecule has 9 aromatic carbocycles. The van der Waals surface area contributed by atoms with Crippen LogP contribution in [0, 0.1) is 0 Å². The second-order valence-electron chi connectivity index (χ2n) is 12.5. The molecule has 0 saturated heterocycles. The van der Waals surface area contributed by atoms with Crippen LogP contribution in [0.25, 0.3) is 98.4 Å². The topological polar surface area (TPSA) is 13.1 Å². The van der Waals surface area contributed by atoms with Gasteiger partial charge in [0, 0.05) is 16.2 Å². The van der Waals surface area contributed by atoms with E-state index in [1.165, 1.54) is 65.5 Å². The van der Waals surface area contributed by atoms with Crippen LogP contribution in [-0.2, 0) is 0 Å². The Hall–Kier alpha value is -6.18. The van der Waals surface area contributed by atoms with Gasteiger partial charge in [-0.25, -0.2) is 0 Å². The summed E-state index contributed by atoms with van der Waals surface area (Å²) in [5.74, 6) is 0. The number of rotatable bonds is 3. The van der Waals surface area contributed by atoms with Gasteiger partial charge in [-0.15, -0.1) is 0 Å². The van der Waals surface area contributed by atoms with E-state index >= 15 is 0 Å². The van der Waals surface area contributed by atoms with Gasteiger partial charge in [0.2, 0.25) is 0 Å². The van der Waals surface area contributed by atoms with Crippen molar-refractivity contribution in [1.82, 2.24) is 0 Å². The Morgan fingerprint density at radius 3 is 1.51 bits per heavy atom. The maximum absolute atomic E-state index is 6.63. The van der Waals surface area contributed by atoms with Crippen LogP contribution in [0.2, 0.25) is 0 Å². The average molecular weight is 597 g/mol. The van der Waals surface area contributed by atoms with Gasteiger partial charge in [-0.1, -0.05) is 140 Å². The molecule has 47 heavy (non-hydrogen) atoms. The number of benzene rings is 9. The minimum Gasteiger partial charge on any atom is -0.455 e. The summed E-state index contributed by atoms with van der Waals surface area (Å²) in [4.78, 5) is 0. The summed E-state index contributed by atoms with van der Waals surface area (Å²) in [6.45, 7) is 0. The summed E-state index contributed by atoms with van der Waals surface area (Å²) in [5.41, 5.74) is 9.17. The SMILES string of the molecule is c1cc(-c2ccc3ccccc3c2)cc(-c2c3ccccc3c(-c3ccc4c(c3)oc3c5ccccc5ccc43)c3ccccc23)c1. The molecule has 0 amide bonds. The van der Waals surface area contributed by atoms with E-state index in [0.717, 1.165) is 32.9 Å². The van der Waals surface area contributed by atoms with Crippen LogP contribution in [-0.4, -0.2) is 0 Å². The highest BCUT2D eigenvalue weighted by Gasteiger charge is 2.18. The number of furan rings is 1. The van der Waals surface area contributed by atoms with Gasteiger partial charge in [-0.2, -0.15) is 0 Å². The first-order valence-electron chi connectivity index (χ1n) is 16.2. The molecule has 1 aromatic heterocycles. The molecular weight excluding hydrogens is 569 g/mol. The van der Waals surface area contributed by atoms with Crippen molar-refractivity contribution in [1.29, 1.82) is 0 Å². The number of hydrogen-bond donors (Lipinski definition) is 0. The lowest BCUT2D eigenvalue weighted by Crippen LogP contribution is -1.91. The van der Waals surface area contributed by atoms with E-state index < -0.39 is 0 Å². The summed E-state index contributed by atoms with van der Waals surface area (Å²) in [5, 5.41) is 12.1. The van der Waals surface area contributed by atoms with Crippen LogP contribution in [0.15, 0.2) is 174 Å². The molecule has 1 nitrogen and oxygen atoms in total. The summed E-state index contributed by atoms with van der Waals surface area (Å²) in [6, 6.07) is 61.6. The average Bonchev–Trinajstić information content (AvgIpc) is 3.52. The van der Waals surface area contributed by atoms with Gasteiger partial charge < -0.3 is 4.42 Å². The summed E-state index contributed by atoms with van der Waals surface area (Å²) < 4.78 is 6.63. The third-order valence-electron chi connectivity index (χ3n) is 9.82. The lowest BCUT2D eigenvalue weighted by Gasteiger charge is -2.18. The first-order valence-corrected chi connectivity index (χ1v) is 16.2. The summed E-state index contributed by atoms with van der Waals surface area (Å²) >= 11 is 0. The minimum absolute atomic E-state index is 0.911. The van der Waals surface area contributed by atoms with E-state index in [2.05, 4.69) is 170 Å². The van der Waals surface area contributed by atoms with Crippen molar-refractivity contribution in [2.24, 2.45) is 0 Å². The molecule has 0 radical (unpaired) electrons. The molecule has 0 atom stereocenters. The van der Waals surface area contributed by atoms with Gasteiger partial charge in [0.25, 0.3) is 0 Å². The van der Waals surface area contributed by atoms with Crippen molar-refractivity contribution in [3.8, 4) is 33.4 Å². The Bertz CT molecular complexity index is 2800. The minimum atomic E-state index is 0.911. The predicted octanol–water partition coefficient (Wildman–Crippen LogP) is 13.2. The molecular formula is C46H28O. The van der Waals surface area contributed by atoms with Crippen LogP contribution < -0.4 is 0 Å². The lowest BCUT2D eigenvalue weighted by atomic mass is 9.85. The Morgan fingerprint density at radius 1 is 0.277 bits per heavy atom. The molecule has 0 saturated carbocycles. The molecule has 0 aliphatic rings. The lowest BCUT2D eigenvalue weighted by molar-refractivity contribution is 0.673. The largest absolute Gasteiger partial charge is 0.455 e. The maximum atomic E-state index is 6.63. The fourth-order valence-electron chi connectivity index (χ4n) is 7.63. The summed E-state index contributed by atoms with van der Waals surface area (Å²) in [7, 11) is 0.